The number of hydrogen-bond acceptors (Lipinski definition) is 4. The zero-order valence-corrected chi connectivity index (χ0v) is 13.2. The fourth-order valence-electron chi connectivity index (χ4n) is 2.71. The summed E-state index contributed by atoms with van der Waals surface area (Å²) in [4.78, 5) is 25.7. The van der Waals surface area contributed by atoms with Gasteiger partial charge in [0.05, 0.1) is 12.8 Å². The lowest BCUT2D eigenvalue weighted by Gasteiger charge is -2.30. The zero-order chi connectivity index (χ0) is 16.8. The molecule has 1 aromatic heterocycles. The van der Waals surface area contributed by atoms with Gasteiger partial charge in [0, 0.05) is 18.3 Å². The van der Waals surface area contributed by atoms with Crippen molar-refractivity contribution in [2.75, 3.05) is 18.0 Å². The van der Waals surface area contributed by atoms with Crippen molar-refractivity contribution in [3.63, 3.8) is 0 Å². The number of fused-ring (bicyclic) bond motifs is 1. The molecule has 0 spiro atoms. The summed E-state index contributed by atoms with van der Waals surface area (Å²) in [5.41, 5.74) is 7.13. The van der Waals surface area contributed by atoms with E-state index in [9.17, 15) is 9.59 Å². The minimum atomic E-state index is -0.418. The summed E-state index contributed by atoms with van der Waals surface area (Å²) in [6, 6.07) is 11.5. The Morgan fingerprint density at radius 1 is 1.17 bits per heavy atom. The number of rotatable bonds is 4. The number of anilines is 1. The van der Waals surface area contributed by atoms with E-state index in [1.165, 1.54) is 24.0 Å². The summed E-state index contributed by atoms with van der Waals surface area (Å²) >= 11 is 0. The molecular formula is C18H19N3O3. The topological polar surface area (TPSA) is 74.6 Å². The van der Waals surface area contributed by atoms with Crippen LogP contribution in [0.2, 0.25) is 0 Å². The fourth-order valence-corrected chi connectivity index (χ4v) is 2.71. The number of carbonyl (C=O) groups is 2. The summed E-state index contributed by atoms with van der Waals surface area (Å²) in [7, 11) is 0. The van der Waals surface area contributed by atoms with E-state index < -0.39 is 5.91 Å². The fraction of sp³-hybridized carbons (Fsp3) is 0.222. The second-order valence-electron chi connectivity index (χ2n) is 5.54. The molecule has 3 rings (SSSR count). The molecular weight excluding hydrogens is 306 g/mol. The van der Waals surface area contributed by atoms with Gasteiger partial charge in [-0.25, -0.2) is 0 Å². The number of benzene rings is 1. The summed E-state index contributed by atoms with van der Waals surface area (Å²) in [5, 5.41) is 0. The SMILES string of the molecule is O=C(/C=C/c1ccco1)NNC(=O)CN1CCCc2ccccc21. The number of hydrazine groups is 1. The number of nitrogens with one attached hydrogen (secondary N) is 2. The van der Waals surface area contributed by atoms with E-state index in [1.54, 1.807) is 12.1 Å². The predicted molar refractivity (Wildman–Crippen MR) is 91.0 cm³/mol. The predicted octanol–water partition coefficient (Wildman–Crippen LogP) is 1.89. The van der Waals surface area contributed by atoms with Crippen LogP contribution in [-0.2, 0) is 16.0 Å². The minimum absolute atomic E-state index is 0.208. The van der Waals surface area contributed by atoms with Gasteiger partial charge in [-0.05, 0) is 42.7 Å². The molecule has 0 unspecified atom stereocenters. The molecule has 2 N–H and O–H groups in total. The van der Waals surface area contributed by atoms with Gasteiger partial charge in [0.1, 0.15) is 5.76 Å². The first-order valence-electron chi connectivity index (χ1n) is 7.85. The standard InChI is InChI=1S/C18H19N3O3/c22-17(10-9-15-7-4-12-24-15)19-20-18(23)13-21-11-3-6-14-5-1-2-8-16(14)21/h1-2,4-5,7-10,12H,3,6,11,13H2,(H,19,22)(H,20,23)/b10-9+. The van der Waals surface area contributed by atoms with E-state index in [-0.39, 0.29) is 12.5 Å². The van der Waals surface area contributed by atoms with E-state index >= 15 is 0 Å². The van der Waals surface area contributed by atoms with Gasteiger partial charge in [0.25, 0.3) is 11.8 Å². The Kier molecular flexibility index (Phi) is 4.96. The van der Waals surface area contributed by atoms with Crippen LogP contribution >= 0.6 is 0 Å². The molecule has 6 heteroatoms. The second kappa shape index (κ2) is 7.50. The Labute approximate surface area is 140 Å². The van der Waals surface area contributed by atoms with Gasteiger partial charge in [0.15, 0.2) is 0 Å². The van der Waals surface area contributed by atoms with Gasteiger partial charge in [-0.3, -0.25) is 20.4 Å². The van der Waals surface area contributed by atoms with Gasteiger partial charge in [-0.1, -0.05) is 18.2 Å². The zero-order valence-electron chi connectivity index (χ0n) is 13.2. The number of aryl methyl sites for hydroxylation is 1. The van der Waals surface area contributed by atoms with Gasteiger partial charge < -0.3 is 9.32 Å². The van der Waals surface area contributed by atoms with Crippen molar-refractivity contribution >= 4 is 23.6 Å². The van der Waals surface area contributed by atoms with Crippen LogP contribution in [0.5, 0.6) is 0 Å². The molecule has 2 aromatic rings. The summed E-state index contributed by atoms with van der Waals surface area (Å²) in [5.74, 6) is -0.105. The first-order valence-corrected chi connectivity index (χ1v) is 7.85. The molecule has 1 aliphatic heterocycles. The molecule has 0 aliphatic carbocycles. The van der Waals surface area contributed by atoms with Crippen LogP contribution in [0.3, 0.4) is 0 Å². The summed E-state index contributed by atoms with van der Waals surface area (Å²) < 4.78 is 5.08. The molecule has 0 saturated heterocycles. The van der Waals surface area contributed by atoms with Crippen molar-refractivity contribution in [3.05, 3.63) is 60.1 Å². The van der Waals surface area contributed by atoms with Crippen LogP contribution in [0.4, 0.5) is 5.69 Å². The molecule has 0 saturated carbocycles. The molecule has 1 aliphatic rings. The van der Waals surface area contributed by atoms with Crippen LogP contribution in [0, 0.1) is 0 Å². The van der Waals surface area contributed by atoms with Crippen molar-refractivity contribution in [2.24, 2.45) is 0 Å². The highest BCUT2D eigenvalue weighted by Crippen LogP contribution is 2.26. The van der Waals surface area contributed by atoms with Crippen molar-refractivity contribution in [1.29, 1.82) is 0 Å². The first kappa shape index (κ1) is 15.9. The lowest BCUT2D eigenvalue weighted by atomic mass is 10.0. The number of carbonyl (C=O) groups excluding carboxylic acids is 2. The molecule has 6 nitrogen and oxygen atoms in total. The highest BCUT2D eigenvalue weighted by atomic mass is 16.3. The molecule has 124 valence electrons. The van der Waals surface area contributed by atoms with Crippen molar-refractivity contribution < 1.29 is 14.0 Å². The Hall–Kier alpha value is -3.02. The highest BCUT2D eigenvalue weighted by molar-refractivity contribution is 5.93. The van der Waals surface area contributed by atoms with E-state index in [4.69, 9.17) is 4.42 Å². The largest absolute Gasteiger partial charge is 0.465 e. The number of nitrogens with zero attached hydrogens (tertiary/aromatic N) is 1. The molecule has 2 heterocycles. The number of para-hydroxylation sites is 1. The lowest BCUT2D eigenvalue weighted by molar-refractivity contribution is -0.125. The molecule has 0 radical (unpaired) electrons. The van der Waals surface area contributed by atoms with Gasteiger partial charge in [0.2, 0.25) is 0 Å². The first-order chi connectivity index (χ1) is 11.7. The second-order valence-corrected chi connectivity index (χ2v) is 5.54. The highest BCUT2D eigenvalue weighted by Gasteiger charge is 2.18. The van der Waals surface area contributed by atoms with Crippen LogP contribution in [-0.4, -0.2) is 24.9 Å². The van der Waals surface area contributed by atoms with E-state index in [1.807, 2.05) is 23.1 Å². The monoisotopic (exact) mass is 325 g/mol. The van der Waals surface area contributed by atoms with Crippen molar-refractivity contribution in [2.45, 2.75) is 12.8 Å². The molecule has 24 heavy (non-hydrogen) atoms. The van der Waals surface area contributed by atoms with Gasteiger partial charge in [-0.2, -0.15) is 0 Å². The Balaban J connectivity index is 1.49. The smallest absolute Gasteiger partial charge is 0.262 e. The molecule has 1 aromatic carbocycles. The number of amides is 2. The third-order valence-corrected chi connectivity index (χ3v) is 3.81. The maximum Gasteiger partial charge on any atom is 0.262 e. The Morgan fingerprint density at radius 3 is 2.88 bits per heavy atom. The minimum Gasteiger partial charge on any atom is -0.465 e. The maximum atomic E-state index is 12.0. The Bertz CT molecular complexity index is 738. The molecule has 0 fully saturated rings. The van der Waals surface area contributed by atoms with Crippen LogP contribution in [0.25, 0.3) is 6.08 Å². The summed E-state index contributed by atoms with van der Waals surface area (Å²) in [6.45, 7) is 1.04. The third kappa shape index (κ3) is 4.04. The van der Waals surface area contributed by atoms with Crippen molar-refractivity contribution in [1.82, 2.24) is 10.9 Å². The van der Waals surface area contributed by atoms with Crippen molar-refractivity contribution in [3.8, 4) is 0 Å². The van der Waals surface area contributed by atoms with Crippen LogP contribution < -0.4 is 15.8 Å². The molecule has 0 atom stereocenters. The normalized spacial score (nSPS) is 13.6. The third-order valence-electron chi connectivity index (χ3n) is 3.81. The quantitative estimate of drug-likeness (QED) is 0.665. The number of hydrogen-bond donors (Lipinski definition) is 2. The molecule has 2 amide bonds. The van der Waals surface area contributed by atoms with Crippen LogP contribution in [0.15, 0.2) is 53.2 Å². The average Bonchev–Trinajstić information content (AvgIpc) is 3.12. The van der Waals surface area contributed by atoms with Gasteiger partial charge >= 0.3 is 0 Å². The summed E-state index contributed by atoms with van der Waals surface area (Å²) in [6.07, 6.45) is 6.40. The van der Waals surface area contributed by atoms with E-state index in [2.05, 4.69) is 16.9 Å². The van der Waals surface area contributed by atoms with E-state index in [0.717, 1.165) is 25.1 Å². The van der Waals surface area contributed by atoms with E-state index in [0.29, 0.717) is 5.76 Å². The maximum absolute atomic E-state index is 12.0. The van der Waals surface area contributed by atoms with Gasteiger partial charge in [-0.15, -0.1) is 0 Å². The Morgan fingerprint density at radius 2 is 2.04 bits per heavy atom. The van der Waals surface area contributed by atoms with Crippen LogP contribution in [0.1, 0.15) is 17.7 Å². The lowest BCUT2D eigenvalue weighted by Crippen LogP contribution is -2.47. The number of furan rings is 1. The average molecular weight is 325 g/mol. The molecule has 0 bridgehead atoms.